The van der Waals surface area contributed by atoms with Gasteiger partial charge in [0.15, 0.2) is 0 Å². The van der Waals surface area contributed by atoms with Gasteiger partial charge in [0.25, 0.3) is 0 Å². The first-order chi connectivity index (χ1) is 14.6. The second-order valence-corrected chi connectivity index (χ2v) is 9.93. The molecule has 2 fully saturated rings. The zero-order chi connectivity index (χ0) is 21.3. The van der Waals surface area contributed by atoms with Crippen LogP contribution in [0.5, 0.6) is 0 Å². The molecule has 0 spiro atoms. The molecule has 3 aliphatic rings. The molecule has 0 unspecified atom stereocenters. The van der Waals surface area contributed by atoms with Gasteiger partial charge in [-0.1, -0.05) is 43.6 Å². The lowest BCUT2D eigenvalue weighted by molar-refractivity contribution is 0.137. The van der Waals surface area contributed by atoms with Gasteiger partial charge >= 0.3 is 0 Å². The molecule has 1 saturated heterocycles. The first-order valence-electron chi connectivity index (χ1n) is 12.4. The molecule has 1 saturated carbocycles. The Morgan fingerprint density at radius 3 is 2.77 bits per heavy atom. The van der Waals surface area contributed by atoms with Crippen LogP contribution in [-0.2, 0) is 0 Å². The number of nitrogens with zero attached hydrogens (tertiary/aromatic N) is 1. The highest BCUT2D eigenvalue weighted by Crippen LogP contribution is 2.48. The van der Waals surface area contributed by atoms with E-state index in [1.165, 1.54) is 64.6 Å². The molecule has 0 radical (unpaired) electrons. The van der Waals surface area contributed by atoms with E-state index in [1.54, 1.807) is 5.57 Å². The van der Waals surface area contributed by atoms with Gasteiger partial charge in [0.05, 0.1) is 12.2 Å². The molecule has 168 valence electrons. The quantitative estimate of drug-likeness (QED) is 0.303. The van der Waals surface area contributed by atoms with Crippen molar-refractivity contribution in [3.05, 3.63) is 23.8 Å². The summed E-state index contributed by atoms with van der Waals surface area (Å²) >= 11 is 0. The Bertz CT molecular complexity index is 637. The highest BCUT2D eigenvalue weighted by Gasteiger charge is 2.43. The molecule has 3 nitrogen and oxygen atoms in total. The number of aliphatic hydroxyl groups is 2. The maximum Gasteiger partial charge on any atom is 0.0755 e. The van der Waals surface area contributed by atoms with Gasteiger partial charge in [-0.2, -0.15) is 0 Å². The van der Waals surface area contributed by atoms with Crippen molar-refractivity contribution in [3.63, 3.8) is 0 Å². The van der Waals surface area contributed by atoms with Crippen LogP contribution in [0.3, 0.4) is 0 Å². The topological polar surface area (TPSA) is 43.7 Å². The summed E-state index contributed by atoms with van der Waals surface area (Å²) in [6.45, 7) is 7.78. The number of rotatable bonds is 10. The minimum absolute atomic E-state index is 0.130. The van der Waals surface area contributed by atoms with Gasteiger partial charge in [-0.25, -0.2) is 0 Å². The van der Waals surface area contributed by atoms with Gasteiger partial charge in [-0.3, -0.25) is 0 Å². The summed E-state index contributed by atoms with van der Waals surface area (Å²) in [5.41, 5.74) is 1.61. The van der Waals surface area contributed by atoms with Crippen molar-refractivity contribution in [2.75, 3.05) is 19.6 Å². The Balaban J connectivity index is 1.38. The molecule has 2 aliphatic carbocycles. The summed E-state index contributed by atoms with van der Waals surface area (Å²) in [6, 6.07) is 0. The molecule has 3 heteroatoms. The van der Waals surface area contributed by atoms with Crippen LogP contribution >= 0.6 is 0 Å². The van der Waals surface area contributed by atoms with Crippen molar-refractivity contribution >= 4 is 0 Å². The van der Waals surface area contributed by atoms with Gasteiger partial charge in [0.2, 0.25) is 0 Å². The molecule has 0 aromatic heterocycles. The van der Waals surface area contributed by atoms with Crippen molar-refractivity contribution in [3.8, 4) is 11.8 Å². The highest BCUT2D eigenvalue weighted by molar-refractivity contribution is 5.21. The van der Waals surface area contributed by atoms with Crippen LogP contribution in [0, 0.1) is 35.5 Å². The van der Waals surface area contributed by atoms with Crippen LogP contribution in [0.1, 0.15) is 78.1 Å². The number of likely N-dealkylation sites (tertiary alicyclic amines) is 1. The zero-order valence-electron chi connectivity index (χ0n) is 19.2. The number of unbranched alkanes of at least 4 members (excludes halogenated alkanes) is 2. The van der Waals surface area contributed by atoms with Crippen LogP contribution in [0.15, 0.2) is 23.8 Å². The largest absolute Gasteiger partial charge is 0.392 e. The molecule has 30 heavy (non-hydrogen) atoms. The van der Waals surface area contributed by atoms with Gasteiger partial charge in [-0.15, -0.1) is 11.8 Å². The van der Waals surface area contributed by atoms with Crippen molar-refractivity contribution in [2.24, 2.45) is 23.7 Å². The lowest BCUT2D eigenvalue weighted by atomic mass is 9.88. The first-order valence-corrected chi connectivity index (χ1v) is 12.4. The summed E-state index contributed by atoms with van der Waals surface area (Å²) in [4.78, 5) is 2.64. The number of aliphatic hydroxyl groups excluding tert-OH is 2. The second-order valence-electron chi connectivity index (χ2n) is 9.93. The minimum Gasteiger partial charge on any atom is -0.392 e. The Morgan fingerprint density at radius 1 is 1.20 bits per heavy atom. The minimum atomic E-state index is -0.481. The lowest BCUT2D eigenvalue weighted by Crippen LogP contribution is -2.30. The van der Waals surface area contributed by atoms with Gasteiger partial charge in [0.1, 0.15) is 0 Å². The maximum absolute atomic E-state index is 10.6. The number of hydrogen-bond donors (Lipinski definition) is 2. The summed E-state index contributed by atoms with van der Waals surface area (Å²) in [5.74, 6) is 7.31. The molecule has 0 amide bonds. The monoisotopic (exact) mass is 413 g/mol. The third kappa shape index (κ3) is 6.71. The van der Waals surface area contributed by atoms with Crippen LogP contribution in [0.4, 0.5) is 0 Å². The summed E-state index contributed by atoms with van der Waals surface area (Å²) in [7, 11) is 0. The van der Waals surface area contributed by atoms with E-state index < -0.39 is 6.10 Å². The average Bonchev–Trinajstić information content (AvgIpc) is 3.27. The molecular weight excluding hydrogens is 370 g/mol. The SMILES string of the molecule is CC#CC[C@@H](C)[C@H](O)/C=C/[C@@H]1[C@H]2CC(CCCCCN3CCCCC3)=C[C@H]2C[C@H]1O. The van der Waals surface area contributed by atoms with Crippen LogP contribution < -0.4 is 0 Å². The molecule has 0 aromatic carbocycles. The first kappa shape index (κ1) is 23.6. The summed E-state index contributed by atoms with van der Waals surface area (Å²) < 4.78 is 0. The van der Waals surface area contributed by atoms with Crippen LogP contribution in [0.25, 0.3) is 0 Å². The Hall–Kier alpha value is -1.08. The maximum atomic E-state index is 10.6. The fourth-order valence-electron chi connectivity index (χ4n) is 5.65. The molecule has 0 aromatic rings. The second kappa shape index (κ2) is 12.1. The molecule has 1 aliphatic heterocycles. The van der Waals surface area contributed by atoms with Crippen molar-refractivity contribution < 1.29 is 10.2 Å². The van der Waals surface area contributed by atoms with Gasteiger partial charge in [-0.05, 0) is 89.3 Å². The normalized spacial score (nSPS) is 31.3. The Morgan fingerprint density at radius 2 is 2.00 bits per heavy atom. The highest BCUT2D eigenvalue weighted by atomic mass is 16.3. The fourth-order valence-corrected chi connectivity index (χ4v) is 5.65. The summed E-state index contributed by atoms with van der Waals surface area (Å²) in [5, 5.41) is 20.9. The molecule has 6 atom stereocenters. The van der Waals surface area contributed by atoms with Crippen molar-refractivity contribution in [2.45, 2.75) is 90.3 Å². The van der Waals surface area contributed by atoms with Crippen molar-refractivity contribution in [1.29, 1.82) is 0 Å². The summed E-state index contributed by atoms with van der Waals surface area (Å²) in [6.07, 6.45) is 17.9. The lowest BCUT2D eigenvalue weighted by Gasteiger charge is -2.26. The van der Waals surface area contributed by atoms with E-state index in [0.29, 0.717) is 18.3 Å². The molecule has 1 heterocycles. The van der Waals surface area contributed by atoms with E-state index in [0.717, 1.165) is 12.8 Å². The van der Waals surface area contributed by atoms with E-state index >= 15 is 0 Å². The van der Waals surface area contributed by atoms with E-state index in [-0.39, 0.29) is 17.9 Å². The van der Waals surface area contributed by atoms with E-state index in [4.69, 9.17) is 0 Å². The van der Waals surface area contributed by atoms with Crippen LogP contribution in [0.2, 0.25) is 0 Å². The fraction of sp³-hybridized carbons (Fsp3) is 0.778. The third-order valence-corrected chi connectivity index (χ3v) is 7.59. The predicted octanol–water partition coefficient (Wildman–Crippen LogP) is 4.94. The number of allylic oxidation sites excluding steroid dienone is 2. The number of fused-ring (bicyclic) bond motifs is 1. The smallest absolute Gasteiger partial charge is 0.0755 e. The zero-order valence-corrected chi connectivity index (χ0v) is 19.2. The van der Waals surface area contributed by atoms with E-state index in [9.17, 15) is 10.2 Å². The van der Waals surface area contributed by atoms with Gasteiger partial charge < -0.3 is 15.1 Å². The van der Waals surface area contributed by atoms with Crippen molar-refractivity contribution in [1.82, 2.24) is 4.90 Å². The predicted molar refractivity (Wildman–Crippen MR) is 125 cm³/mol. The Labute approximate surface area is 184 Å². The van der Waals surface area contributed by atoms with E-state index in [1.807, 2.05) is 19.9 Å². The number of hydrogen-bond acceptors (Lipinski definition) is 3. The molecule has 2 N–H and O–H groups in total. The Kier molecular flexibility index (Phi) is 9.50. The average molecular weight is 414 g/mol. The standard InChI is InChI=1S/C27H43NO2/c1-3-4-11-21(2)26(29)14-13-24-25-19-22(18-23(25)20-27(24)30)12-7-5-8-15-28-16-9-6-10-17-28/h13-14,18,21,23-27,29-30H,5-12,15-17,19-20H2,1-2H3/b14-13+/t21-,23+,24-,25+,26-,27-/m1/s1. The van der Waals surface area contributed by atoms with E-state index in [2.05, 4.69) is 28.9 Å². The van der Waals surface area contributed by atoms with Gasteiger partial charge in [0, 0.05) is 12.3 Å². The number of piperidine rings is 1. The molecular formula is C27H43NO2. The molecule has 3 rings (SSSR count). The van der Waals surface area contributed by atoms with Crippen LogP contribution in [-0.4, -0.2) is 47.0 Å². The molecule has 0 bridgehead atoms. The third-order valence-electron chi connectivity index (χ3n) is 7.59.